The van der Waals surface area contributed by atoms with Crippen molar-refractivity contribution in [3.63, 3.8) is 0 Å². The van der Waals surface area contributed by atoms with Gasteiger partial charge in [-0.05, 0) is 42.0 Å². The van der Waals surface area contributed by atoms with Crippen LogP contribution in [0.4, 0.5) is 0 Å². The molecular weight excluding hydrogens is 546 g/mol. The predicted molar refractivity (Wildman–Crippen MR) is 162 cm³/mol. The molecular formula is C33H31N5O3S. The van der Waals surface area contributed by atoms with Crippen molar-refractivity contribution < 1.29 is 14.0 Å². The van der Waals surface area contributed by atoms with Gasteiger partial charge in [-0.3, -0.25) is 14.6 Å². The number of pyridine rings is 1. The third-order valence-electron chi connectivity index (χ3n) is 7.38. The monoisotopic (exact) mass is 577 g/mol. The summed E-state index contributed by atoms with van der Waals surface area (Å²) in [6.07, 6.45) is 1.35. The number of rotatable bonds is 9. The quantitative estimate of drug-likeness (QED) is 0.212. The van der Waals surface area contributed by atoms with Crippen LogP contribution in [0.25, 0.3) is 21.9 Å². The van der Waals surface area contributed by atoms with Gasteiger partial charge in [0.25, 0.3) is 11.8 Å². The second-order valence-electron chi connectivity index (χ2n) is 10.7. The van der Waals surface area contributed by atoms with Gasteiger partial charge in [0.2, 0.25) is 11.8 Å². The summed E-state index contributed by atoms with van der Waals surface area (Å²) >= 11 is 1.34. The van der Waals surface area contributed by atoms with E-state index in [4.69, 9.17) is 9.40 Å². The molecule has 0 radical (unpaired) electrons. The smallest absolute Gasteiger partial charge is 0.261 e. The van der Waals surface area contributed by atoms with Crippen LogP contribution in [0.2, 0.25) is 0 Å². The SMILES string of the molecule is Cc1nnc(-c2c(CCc3ccccc3)nc3c(c2-c2ccc(C(=O)NCc4ccccc4)s2)C(=O)N[C@H]3C(C)C)o1. The van der Waals surface area contributed by atoms with Crippen LogP contribution in [0.5, 0.6) is 0 Å². The topological polar surface area (TPSA) is 110 Å². The minimum atomic E-state index is -0.228. The van der Waals surface area contributed by atoms with E-state index in [-0.39, 0.29) is 23.8 Å². The summed E-state index contributed by atoms with van der Waals surface area (Å²) in [4.78, 5) is 33.1. The minimum absolute atomic E-state index is 0.136. The van der Waals surface area contributed by atoms with Crippen molar-refractivity contribution in [2.24, 2.45) is 5.92 Å². The Labute approximate surface area is 248 Å². The number of fused-ring (bicyclic) bond motifs is 1. The van der Waals surface area contributed by atoms with Gasteiger partial charge >= 0.3 is 0 Å². The Morgan fingerprint density at radius 2 is 1.64 bits per heavy atom. The summed E-state index contributed by atoms with van der Waals surface area (Å²) in [6.45, 7) is 6.30. The van der Waals surface area contributed by atoms with Gasteiger partial charge < -0.3 is 15.1 Å². The summed E-state index contributed by atoms with van der Waals surface area (Å²) < 4.78 is 5.97. The molecule has 0 aliphatic carbocycles. The number of benzene rings is 2. The lowest BCUT2D eigenvalue weighted by atomic mass is 9.92. The fraction of sp³-hybridized carbons (Fsp3) is 0.242. The Kier molecular flexibility index (Phi) is 7.67. The second-order valence-corrected chi connectivity index (χ2v) is 11.8. The maximum absolute atomic E-state index is 13.6. The van der Waals surface area contributed by atoms with E-state index in [0.29, 0.717) is 46.3 Å². The molecule has 8 nitrogen and oxygen atoms in total. The van der Waals surface area contributed by atoms with Gasteiger partial charge in [0, 0.05) is 23.9 Å². The molecule has 212 valence electrons. The molecule has 2 aromatic carbocycles. The van der Waals surface area contributed by atoms with E-state index >= 15 is 0 Å². The number of hydrogen-bond acceptors (Lipinski definition) is 7. The molecule has 1 atom stereocenters. The van der Waals surface area contributed by atoms with Gasteiger partial charge in [-0.25, -0.2) is 0 Å². The van der Waals surface area contributed by atoms with E-state index in [9.17, 15) is 9.59 Å². The largest absolute Gasteiger partial charge is 0.421 e. The lowest BCUT2D eigenvalue weighted by Crippen LogP contribution is -2.23. The first kappa shape index (κ1) is 27.5. The highest BCUT2D eigenvalue weighted by Crippen LogP contribution is 2.45. The molecule has 0 saturated heterocycles. The molecule has 42 heavy (non-hydrogen) atoms. The number of amides is 2. The molecule has 0 fully saturated rings. The summed E-state index contributed by atoms with van der Waals surface area (Å²) in [5, 5.41) is 14.6. The molecule has 2 amide bonds. The zero-order valence-electron chi connectivity index (χ0n) is 23.7. The predicted octanol–water partition coefficient (Wildman–Crippen LogP) is 6.32. The standard InChI is InChI=1S/C33H31N5O3S/c1-19(2)29-30-28(32(40)36-29)27(24-16-17-25(42-24)31(39)34-18-22-12-8-5-9-13-22)26(33-38-37-20(3)41-33)23(35-30)15-14-21-10-6-4-7-11-21/h4-13,16-17,19,29H,14-15,18H2,1-3H3,(H,34,39)(H,36,40)/t29-/m0/s1. The highest BCUT2D eigenvalue weighted by Gasteiger charge is 2.38. The number of hydrogen-bond donors (Lipinski definition) is 2. The number of thiophene rings is 1. The van der Waals surface area contributed by atoms with E-state index < -0.39 is 0 Å². The molecule has 9 heteroatoms. The van der Waals surface area contributed by atoms with Crippen molar-refractivity contribution in [1.29, 1.82) is 0 Å². The van der Waals surface area contributed by atoms with Crippen LogP contribution in [-0.4, -0.2) is 27.0 Å². The summed E-state index contributed by atoms with van der Waals surface area (Å²) in [5.74, 6) is 0.496. The third-order valence-corrected chi connectivity index (χ3v) is 8.48. The van der Waals surface area contributed by atoms with Crippen LogP contribution in [0, 0.1) is 12.8 Å². The molecule has 4 heterocycles. The van der Waals surface area contributed by atoms with Crippen molar-refractivity contribution in [1.82, 2.24) is 25.8 Å². The van der Waals surface area contributed by atoms with Crippen molar-refractivity contribution in [3.05, 3.63) is 112 Å². The van der Waals surface area contributed by atoms with Crippen molar-refractivity contribution >= 4 is 23.2 Å². The second kappa shape index (κ2) is 11.7. The van der Waals surface area contributed by atoms with Crippen molar-refractivity contribution in [3.8, 4) is 21.9 Å². The number of carbonyl (C=O) groups is 2. The van der Waals surface area contributed by atoms with E-state index in [0.717, 1.165) is 28.2 Å². The molecule has 3 aromatic heterocycles. The third kappa shape index (κ3) is 5.47. The van der Waals surface area contributed by atoms with E-state index in [1.807, 2.05) is 54.6 Å². The van der Waals surface area contributed by atoms with E-state index in [2.05, 4.69) is 46.8 Å². The highest BCUT2D eigenvalue weighted by atomic mass is 32.1. The number of nitrogens with zero attached hydrogens (tertiary/aromatic N) is 3. The van der Waals surface area contributed by atoms with E-state index in [1.54, 1.807) is 13.0 Å². The first-order valence-electron chi connectivity index (χ1n) is 14.0. The van der Waals surface area contributed by atoms with Crippen LogP contribution in [0.3, 0.4) is 0 Å². The molecule has 0 unspecified atom stereocenters. The van der Waals surface area contributed by atoms with Gasteiger partial charge in [-0.2, -0.15) is 0 Å². The molecule has 1 aliphatic rings. The Bertz CT molecular complexity index is 1740. The summed E-state index contributed by atoms with van der Waals surface area (Å²) in [6, 6.07) is 23.5. The lowest BCUT2D eigenvalue weighted by Gasteiger charge is -2.18. The summed E-state index contributed by atoms with van der Waals surface area (Å²) in [5.41, 5.74) is 5.52. The van der Waals surface area contributed by atoms with Crippen LogP contribution >= 0.6 is 11.3 Å². The van der Waals surface area contributed by atoms with Gasteiger partial charge in [-0.1, -0.05) is 74.5 Å². The maximum Gasteiger partial charge on any atom is 0.261 e. The molecule has 5 aromatic rings. The Hall–Kier alpha value is -4.63. The fourth-order valence-corrected chi connectivity index (χ4v) is 6.28. The molecule has 2 N–H and O–H groups in total. The fourth-order valence-electron chi connectivity index (χ4n) is 5.30. The zero-order valence-corrected chi connectivity index (χ0v) is 24.5. The lowest BCUT2D eigenvalue weighted by molar-refractivity contribution is 0.0943. The van der Waals surface area contributed by atoms with Gasteiger partial charge in [0.05, 0.1) is 33.4 Å². The molecule has 1 aliphatic heterocycles. The maximum atomic E-state index is 13.6. The molecule has 0 bridgehead atoms. The zero-order chi connectivity index (χ0) is 29.2. The van der Waals surface area contributed by atoms with Gasteiger partial charge in [0.1, 0.15) is 0 Å². The number of aromatic nitrogens is 3. The van der Waals surface area contributed by atoms with Crippen molar-refractivity contribution in [2.45, 2.75) is 46.2 Å². The Balaban J connectivity index is 1.47. The van der Waals surface area contributed by atoms with E-state index in [1.165, 1.54) is 16.9 Å². The number of nitrogens with one attached hydrogen (secondary N) is 2. The van der Waals surface area contributed by atoms with Crippen LogP contribution in [-0.2, 0) is 19.4 Å². The normalized spacial score (nSPS) is 14.2. The average molecular weight is 578 g/mol. The molecule has 0 spiro atoms. The Morgan fingerprint density at radius 1 is 0.929 bits per heavy atom. The molecule has 6 rings (SSSR count). The number of aryl methyl sites for hydroxylation is 3. The number of carbonyl (C=O) groups excluding carboxylic acids is 2. The first-order valence-corrected chi connectivity index (χ1v) is 14.8. The van der Waals surface area contributed by atoms with Crippen LogP contribution < -0.4 is 10.6 Å². The van der Waals surface area contributed by atoms with Gasteiger partial charge in [-0.15, -0.1) is 21.5 Å². The molecule has 0 saturated carbocycles. The van der Waals surface area contributed by atoms with Gasteiger partial charge in [0.15, 0.2) is 0 Å². The minimum Gasteiger partial charge on any atom is -0.421 e. The van der Waals surface area contributed by atoms with Crippen LogP contribution in [0.1, 0.15) is 68.3 Å². The first-order chi connectivity index (χ1) is 20.4. The Morgan fingerprint density at radius 3 is 2.31 bits per heavy atom. The summed E-state index contributed by atoms with van der Waals surface area (Å²) in [7, 11) is 0. The van der Waals surface area contributed by atoms with Crippen molar-refractivity contribution in [2.75, 3.05) is 0 Å². The highest BCUT2D eigenvalue weighted by molar-refractivity contribution is 7.17. The van der Waals surface area contributed by atoms with Crippen LogP contribution in [0.15, 0.2) is 77.2 Å². The average Bonchev–Trinajstić information content (AvgIpc) is 3.74.